The minimum Gasteiger partial charge on any atom is -0.444 e. The molecule has 0 radical (unpaired) electrons. The number of benzene rings is 1. The van der Waals surface area contributed by atoms with Gasteiger partial charge in [-0.25, -0.2) is 19.4 Å². The predicted octanol–water partition coefficient (Wildman–Crippen LogP) is 5.10. The largest absolute Gasteiger partial charge is 0.488 e. The van der Waals surface area contributed by atoms with Gasteiger partial charge in [0, 0.05) is 37.3 Å². The van der Waals surface area contributed by atoms with E-state index in [4.69, 9.17) is 29.3 Å². The van der Waals surface area contributed by atoms with Crippen molar-refractivity contribution < 1.29 is 35.5 Å². The van der Waals surface area contributed by atoms with E-state index in [2.05, 4.69) is 14.4 Å². The van der Waals surface area contributed by atoms with Crippen LogP contribution in [0.4, 0.5) is 26.0 Å². The lowest BCUT2D eigenvalue weighted by molar-refractivity contribution is -0.0368. The topological polar surface area (TPSA) is 150 Å². The van der Waals surface area contributed by atoms with Crippen LogP contribution in [-0.4, -0.2) is 84.9 Å². The molecule has 0 aliphatic carbocycles. The van der Waals surface area contributed by atoms with Crippen LogP contribution in [0.5, 0.6) is 5.75 Å². The van der Waals surface area contributed by atoms with Crippen molar-refractivity contribution in [1.82, 2.24) is 25.1 Å². The highest BCUT2D eigenvalue weighted by Gasteiger charge is 2.50. The first-order valence-electron chi connectivity index (χ1n) is 17.1. The number of hydrogen-bond acceptors (Lipinski definition) is 12. The van der Waals surface area contributed by atoms with Gasteiger partial charge in [0.1, 0.15) is 17.2 Å². The van der Waals surface area contributed by atoms with Crippen molar-refractivity contribution in [2.24, 2.45) is 5.41 Å². The lowest BCUT2D eigenvalue weighted by atomic mass is 9.73. The van der Waals surface area contributed by atoms with Gasteiger partial charge in [0.2, 0.25) is 0 Å². The van der Waals surface area contributed by atoms with Gasteiger partial charge in [-0.05, 0) is 96.4 Å². The second-order valence-corrected chi connectivity index (χ2v) is 15.5. The van der Waals surface area contributed by atoms with Crippen LogP contribution >= 0.6 is 0 Å². The van der Waals surface area contributed by atoms with E-state index in [0.717, 1.165) is 55.6 Å². The Kier molecular flexibility index (Phi) is 8.84. The van der Waals surface area contributed by atoms with E-state index in [-0.39, 0.29) is 29.5 Å². The molecule has 16 heteroatoms. The molecule has 3 aromatic rings. The number of aromatic nitrogens is 4. The van der Waals surface area contributed by atoms with Crippen molar-refractivity contribution in [1.29, 1.82) is 0 Å². The van der Waals surface area contributed by atoms with Gasteiger partial charge in [0.25, 0.3) is 0 Å². The molecule has 3 saturated heterocycles. The SMILES string of the molecule is C[C@@H]1OCC2(CCN(c3cnc4c(N5CCCc6cc(OS(=O)(=O)F)ccc65)nn(C5CCCCO5)c4n3)CC2)[C@@H]1NC(=O)OC(C)(C)C. The molecule has 0 bridgehead atoms. The van der Waals surface area contributed by atoms with E-state index >= 15 is 0 Å². The number of amides is 1. The fourth-order valence-corrected chi connectivity index (χ4v) is 7.95. The standard InChI is InChI=1S/C33H44FN7O7S/c1-21-28(37-31(42)47-32(2,3)4)33(20-46-21)12-15-39(16-13-33)25-19-35-27-29(36-25)41(26-9-5-6-17-45-26)38-30(27)40-14-7-8-22-18-23(10-11-24(22)40)48-49(34,43)44/h10-11,18-19,21,26,28H,5-9,12-17,20H2,1-4H3,(H,37,42)/t21-,26?,28+/m0/s1. The summed E-state index contributed by atoms with van der Waals surface area (Å²) < 4.78 is 59.6. The van der Waals surface area contributed by atoms with Gasteiger partial charge in [0.15, 0.2) is 23.2 Å². The van der Waals surface area contributed by atoms with Crippen LogP contribution in [0.1, 0.15) is 78.0 Å². The second kappa shape index (κ2) is 12.8. The summed E-state index contributed by atoms with van der Waals surface area (Å²) in [6, 6.07) is 4.55. The molecule has 1 spiro atoms. The first kappa shape index (κ1) is 33.7. The maximum Gasteiger partial charge on any atom is 0.488 e. The summed E-state index contributed by atoms with van der Waals surface area (Å²) in [6.45, 7) is 10.8. The van der Waals surface area contributed by atoms with Crippen LogP contribution in [0.2, 0.25) is 0 Å². The summed E-state index contributed by atoms with van der Waals surface area (Å²) in [6.07, 6.45) is 6.77. The minimum atomic E-state index is -5.14. The maximum absolute atomic E-state index is 13.2. The Morgan fingerprint density at radius 2 is 1.92 bits per heavy atom. The third kappa shape index (κ3) is 6.99. The van der Waals surface area contributed by atoms with E-state index in [0.29, 0.717) is 56.3 Å². The predicted molar refractivity (Wildman–Crippen MR) is 179 cm³/mol. The third-order valence-corrected chi connectivity index (χ3v) is 10.3. The van der Waals surface area contributed by atoms with Crippen LogP contribution in [0.25, 0.3) is 11.2 Å². The number of ether oxygens (including phenoxy) is 3. The van der Waals surface area contributed by atoms with Crippen molar-refractivity contribution in [3.63, 3.8) is 0 Å². The number of rotatable bonds is 6. The highest BCUT2D eigenvalue weighted by Crippen LogP contribution is 2.44. The summed E-state index contributed by atoms with van der Waals surface area (Å²) in [5.41, 5.74) is 2.09. The van der Waals surface area contributed by atoms with E-state index in [9.17, 15) is 17.1 Å². The Morgan fingerprint density at radius 1 is 1.12 bits per heavy atom. The maximum atomic E-state index is 13.2. The minimum absolute atomic E-state index is 0.0765. The molecule has 7 rings (SSSR count). The van der Waals surface area contributed by atoms with Gasteiger partial charge in [-0.3, -0.25) is 0 Å². The van der Waals surface area contributed by atoms with Gasteiger partial charge in [0.05, 0.1) is 24.9 Å². The summed E-state index contributed by atoms with van der Waals surface area (Å²) in [5.74, 6) is 1.29. The van der Waals surface area contributed by atoms with Gasteiger partial charge in [-0.1, -0.05) is 3.89 Å². The molecule has 1 unspecified atom stereocenters. The third-order valence-electron chi connectivity index (χ3n) is 9.94. The normalized spacial score (nSPS) is 24.2. The lowest BCUT2D eigenvalue weighted by Crippen LogP contribution is -2.55. The molecule has 3 fully saturated rings. The lowest BCUT2D eigenvalue weighted by Gasteiger charge is -2.42. The number of anilines is 3. The molecule has 4 aliphatic heterocycles. The molecule has 49 heavy (non-hydrogen) atoms. The first-order valence-corrected chi connectivity index (χ1v) is 18.4. The number of alkyl carbamates (subject to hydrolysis) is 1. The molecular weight excluding hydrogens is 657 g/mol. The number of nitrogens with zero attached hydrogens (tertiary/aromatic N) is 6. The van der Waals surface area contributed by atoms with Gasteiger partial charge < -0.3 is 33.5 Å². The molecule has 0 saturated carbocycles. The summed E-state index contributed by atoms with van der Waals surface area (Å²) >= 11 is 0. The smallest absolute Gasteiger partial charge is 0.444 e. The van der Waals surface area contributed by atoms with Crippen molar-refractivity contribution in [2.75, 3.05) is 42.6 Å². The number of halogens is 1. The number of nitrogens with one attached hydrogen (secondary N) is 1. The van der Waals surface area contributed by atoms with Gasteiger partial charge >= 0.3 is 16.6 Å². The number of hydrogen-bond donors (Lipinski definition) is 1. The quantitative estimate of drug-likeness (QED) is 0.341. The molecule has 266 valence electrons. The Balaban J connectivity index is 1.16. The highest BCUT2D eigenvalue weighted by atomic mass is 32.3. The van der Waals surface area contributed by atoms with E-state index in [1.165, 1.54) is 6.07 Å². The van der Waals surface area contributed by atoms with Crippen LogP contribution in [-0.2, 0) is 31.1 Å². The monoisotopic (exact) mass is 701 g/mol. The fourth-order valence-electron chi connectivity index (χ4n) is 7.62. The van der Waals surface area contributed by atoms with E-state index in [1.54, 1.807) is 18.3 Å². The summed E-state index contributed by atoms with van der Waals surface area (Å²) in [5, 5.41) is 8.16. The molecule has 1 amide bonds. The molecule has 1 aromatic carbocycles. The molecule has 4 aliphatic rings. The van der Waals surface area contributed by atoms with E-state index in [1.807, 2.05) is 37.3 Å². The summed E-state index contributed by atoms with van der Waals surface area (Å²) in [4.78, 5) is 27.1. The number of fused-ring (bicyclic) bond motifs is 2. The van der Waals surface area contributed by atoms with Crippen LogP contribution in [0.3, 0.4) is 0 Å². The average molecular weight is 702 g/mol. The number of piperidine rings is 1. The molecule has 14 nitrogen and oxygen atoms in total. The van der Waals surface area contributed by atoms with Crippen molar-refractivity contribution >= 4 is 45.1 Å². The fraction of sp³-hybridized carbons (Fsp3) is 0.636. The van der Waals surface area contributed by atoms with Crippen LogP contribution < -0.4 is 19.3 Å². The number of carbonyl (C=O) groups excluding carboxylic acids is 1. The summed E-state index contributed by atoms with van der Waals surface area (Å²) in [7, 11) is -5.14. The molecule has 3 atom stereocenters. The van der Waals surface area contributed by atoms with Crippen LogP contribution in [0.15, 0.2) is 24.4 Å². The molecular formula is C33H44FN7O7S. The van der Waals surface area contributed by atoms with Gasteiger partial charge in [-0.2, -0.15) is 8.42 Å². The molecule has 1 N–H and O–H groups in total. The Labute approximate surface area is 285 Å². The second-order valence-electron chi connectivity index (χ2n) is 14.5. The first-order chi connectivity index (χ1) is 23.3. The zero-order valence-electron chi connectivity index (χ0n) is 28.4. The van der Waals surface area contributed by atoms with Crippen molar-refractivity contribution in [3.05, 3.63) is 30.0 Å². The van der Waals surface area contributed by atoms with Crippen molar-refractivity contribution in [3.8, 4) is 5.75 Å². The molecule has 6 heterocycles. The number of aryl methyl sites for hydroxylation is 1. The zero-order valence-corrected chi connectivity index (χ0v) is 29.2. The molecule has 2 aromatic heterocycles. The Morgan fingerprint density at radius 3 is 2.63 bits per heavy atom. The van der Waals surface area contributed by atoms with Gasteiger partial charge in [-0.15, -0.1) is 5.10 Å². The average Bonchev–Trinajstić information content (AvgIpc) is 3.57. The zero-order chi connectivity index (χ0) is 34.6. The number of carbonyl (C=O) groups is 1. The van der Waals surface area contributed by atoms with E-state index < -0.39 is 22.2 Å². The Bertz CT molecular complexity index is 1820. The van der Waals surface area contributed by atoms with Crippen molar-refractivity contribution in [2.45, 2.75) is 96.6 Å². The van der Waals surface area contributed by atoms with Crippen LogP contribution in [0, 0.1) is 5.41 Å². The highest BCUT2D eigenvalue weighted by molar-refractivity contribution is 7.81. The Hall–Kier alpha value is -3.76.